The maximum Gasteiger partial charge on any atom is 0.341 e. The minimum absolute atomic E-state index is 0.143. The van der Waals surface area contributed by atoms with Crippen molar-refractivity contribution in [3.8, 4) is 11.6 Å². The lowest BCUT2D eigenvalue weighted by Gasteiger charge is -2.12. The summed E-state index contributed by atoms with van der Waals surface area (Å²) in [7, 11) is -2.69. The summed E-state index contributed by atoms with van der Waals surface area (Å²) in [6.07, 6.45) is 2.82. The van der Waals surface area contributed by atoms with E-state index in [1.165, 1.54) is 54.3 Å². The van der Waals surface area contributed by atoms with Gasteiger partial charge in [0.15, 0.2) is 5.82 Å². The van der Waals surface area contributed by atoms with Crippen molar-refractivity contribution >= 4 is 26.9 Å². The molecule has 0 radical (unpaired) electrons. The standard InChI is InChI=1S/C22H19FN4O6S/c1-13-15-8-7-14(32-20-17(23)5-3-9-25-20)11-19(15)33-22(29)16(13)12-27-10-4-6-18(21(27)28)26-34(30,31)24-2/h3-11,24,26H,12H2,1-2H3. The summed E-state index contributed by atoms with van der Waals surface area (Å²) < 4.78 is 53.6. The Labute approximate surface area is 192 Å². The number of hydrogen-bond donors (Lipinski definition) is 2. The summed E-state index contributed by atoms with van der Waals surface area (Å²) in [4.78, 5) is 29.3. The Morgan fingerprint density at radius 3 is 2.71 bits per heavy atom. The molecule has 0 saturated heterocycles. The Morgan fingerprint density at radius 1 is 1.18 bits per heavy atom. The van der Waals surface area contributed by atoms with Crippen LogP contribution in [0, 0.1) is 12.7 Å². The van der Waals surface area contributed by atoms with Crippen molar-refractivity contribution in [3.63, 3.8) is 0 Å². The second-order valence-corrected chi connectivity index (χ2v) is 8.83. The van der Waals surface area contributed by atoms with Gasteiger partial charge < -0.3 is 13.7 Å². The minimum atomic E-state index is -3.89. The van der Waals surface area contributed by atoms with E-state index in [4.69, 9.17) is 9.15 Å². The summed E-state index contributed by atoms with van der Waals surface area (Å²) in [5.74, 6) is -0.632. The number of nitrogens with one attached hydrogen (secondary N) is 2. The molecule has 2 N–H and O–H groups in total. The second kappa shape index (κ2) is 9.08. The number of ether oxygens (including phenoxy) is 1. The molecule has 3 aromatic heterocycles. The van der Waals surface area contributed by atoms with Gasteiger partial charge in [0, 0.05) is 30.9 Å². The Balaban J connectivity index is 1.69. The van der Waals surface area contributed by atoms with Crippen LogP contribution in [0.25, 0.3) is 11.0 Å². The first-order valence-electron chi connectivity index (χ1n) is 9.94. The number of halogens is 1. The second-order valence-electron chi connectivity index (χ2n) is 7.21. The van der Waals surface area contributed by atoms with Crippen molar-refractivity contribution in [2.24, 2.45) is 0 Å². The quantitative estimate of drug-likeness (QED) is 0.384. The normalized spacial score (nSPS) is 11.5. The molecule has 4 aromatic rings. The van der Waals surface area contributed by atoms with Gasteiger partial charge >= 0.3 is 5.63 Å². The van der Waals surface area contributed by atoms with Crippen LogP contribution in [-0.2, 0) is 16.8 Å². The van der Waals surface area contributed by atoms with E-state index in [2.05, 4.69) is 14.4 Å². The summed E-state index contributed by atoms with van der Waals surface area (Å²) in [6, 6.07) is 10.1. The zero-order valence-electron chi connectivity index (χ0n) is 18.0. The molecule has 3 heterocycles. The van der Waals surface area contributed by atoms with Crippen molar-refractivity contribution in [3.05, 3.63) is 92.6 Å². The third-order valence-electron chi connectivity index (χ3n) is 5.06. The van der Waals surface area contributed by atoms with E-state index in [-0.39, 0.29) is 35.0 Å². The van der Waals surface area contributed by atoms with Crippen molar-refractivity contribution < 1.29 is 22.0 Å². The SMILES string of the molecule is CNS(=O)(=O)Nc1cccn(Cc2c(C)c3ccc(Oc4ncccc4F)cc3oc2=O)c1=O. The van der Waals surface area contributed by atoms with E-state index >= 15 is 0 Å². The van der Waals surface area contributed by atoms with Crippen molar-refractivity contribution in [2.75, 3.05) is 11.8 Å². The Morgan fingerprint density at radius 2 is 1.97 bits per heavy atom. The molecule has 34 heavy (non-hydrogen) atoms. The van der Waals surface area contributed by atoms with Gasteiger partial charge in [0.25, 0.3) is 21.6 Å². The molecule has 0 aliphatic carbocycles. The molecule has 0 unspecified atom stereocenters. The Bertz CT molecular complexity index is 1610. The van der Waals surface area contributed by atoms with Gasteiger partial charge in [0.1, 0.15) is 17.0 Å². The van der Waals surface area contributed by atoms with E-state index in [1.54, 1.807) is 19.1 Å². The van der Waals surface area contributed by atoms with Gasteiger partial charge in [-0.1, -0.05) is 0 Å². The number of aryl methyl sites for hydroxylation is 1. The zero-order chi connectivity index (χ0) is 24.5. The molecule has 176 valence electrons. The topological polar surface area (TPSA) is 133 Å². The first kappa shape index (κ1) is 23.1. The van der Waals surface area contributed by atoms with Gasteiger partial charge in [-0.3, -0.25) is 9.52 Å². The Kier molecular flexibility index (Phi) is 6.18. The average Bonchev–Trinajstić information content (AvgIpc) is 2.80. The molecule has 1 aromatic carbocycles. The maximum absolute atomic E-state index is 13.8. The van der Waals surface area contributed by atoms with E-state index in [0.29, 0.717) is 10.9 Å². The van der Waals surface area contributed by atoms with E-state index < -0.39 is 27.2 Å². The van der Waals surface area contributed by atoms with Gasteiger partial charge in [-0.15, -0.1) is 0 Å². The zero-order valence-corrected chi connectivity index (χ0v) is 18.8. The van der Waals surface area contributed by atoms with Crippen LogP contribution in [0.4, 0.5) is 10.1 Å². The molecular weight excluding hydrogens is 467 g/mol. The predicted octanol–water partition coefficient (Wildman–Crippen LogP) is 2.51. The van der Waals surface area contributed by atoms with E-state index in [0.717, 1.165) is 0 Å². The summed E-state index contributed by atoms with van der Waals surface area (Å²) >= 11 is 0. The summed E-state index contributed by atoms with van der Waals surface area (Å²) in [5, 5.41) is 0.587. The fourth-order valence-electron chi connectivity index (χ4n) is 3.28. The molecule has 0 bridgehead atoms. The number of aromatic nitrogens is 2. The van der Waals surface area contributed by atoms with Crippen molar-refractivity contribution in [2.45, 2.75) is 13.5 Å². The number of fused-ring (bicyclic) bond motifs is 1. The largest absolute Gasteiger partial charge is 0.436 e. The van der Waals surface area contributed by atoms with Gasteiger partial charge in [-0.25, -0.2) is 18.9 Å². The van der Waals surface area contributed by atoms with Crippen LogP contribution in [0.3, 0.4) is 0 Å². The third-order valence-corrected chi connectivity index (χ3v) is 6.09. The van der Waals surface area contributed by atoms with Crippen LogP contribution in [-0.4, -0.2) is 25.0 Å². The van der Waals surface area contributed by atoms with E-state index in [9.17, 15) is 22.4 Å². The van der Waals surface area contributed by atoms with Gasteiger partial charge in [0.2, 0.25) is 0 Å². The fourth-order valence-corrected chi connectivity index (χ4v) is 3.83. The average molecular weight is 486 g/mol. The lowest BCUT2D eigenvalue weighted by molar-refractivity contribution is 0.422. The van der Waals surface area contributed by atoms with Crippen molar-refractivity contribution in [1.29, 1.82) is 0 Å². The Hall–Kier alpha value is -4.03. The van der Waals surface area contributed by atoms with Crippen LogP contribution in [0.5, 0.6) is 11.6 Å². The summed E-state index contributed by atoms with van der Waals surface area (Å²) in [5.41, 5.74) is -0.505. The molecule has 0 saturated carbocycles. The summed E-state index contributed by atoms with van der Waals surface area (Å²) in [6.45, 7) is 1.56. The van der Waals surface area contributed by atoms with Gasteiger partial charge in [0.05, 0.1) is 12.1 Å². The van der Waals surface area contributed by atoms with Crippen molar-refractivity contribution in [1.82, 2.24) is 14.3 Å². The number of nitrogens with zero attached hydrogens (tertiary/aromatic N) is 2. The smallest absolute Gasteiger partial charge is 0.341 e. The maximum atomic E-state index is 13.8. The predicted molar refractivity (Wildman–Crippen MR) is 123 cm³/mol. The monoisotopic (exact) mass is 486 g/mol. The lowest BCUT2D eigenvalue weighted by atomic mass is 10.1. The molecule has 0 amide bonds. The highest BCUT2D eigenvalue weighted by Gasteiger charge is 2.16. The van der Waals surface area contributed by atoms with E-state index in [1.807, 2.05) is 0 Å². The van der Waals surface area contributed by atoms with Gasteiger partial charge in [-0.2, -0.15) is 8.42 Å². The molecule has 4 rings (SSSR count). The molecule has 0 atom stereocenters. The van der Waals surface area contributed by atoms with Crippen LogP contribution in [0.2, 0.25) is 0 Å². The first-order chi connectivity index (χ1) is 16.2. The molecule has 12 heteroatoms. The third kappa shape index (κ3) is 4.67. The van der Waals surface area contributed by atoms with Crippen LogP contribution in [0.15, 0.2) is 68.9 Å². The van der Waals surface area contributed by atoms with Gasteiger partial charge in [-0.05, 0) is 48.9 Å². The lowest BCUT2D eigenvalue weighted by Crippen LogP contribution is -2.32. The van der Waals surface area contributed by atoms with Crippen LogP contribution >= 0.6 is 0 Å². The van der Waals surface area contributed by atoms with Crippen LogP contribution in [0.1, 0.15) is 11.1 Å². The highest BCUT2D eigenvalue weighted by Crippen LogP contribution is 2.28. The molecular formula is C22H19FN4O6S. The number of benzene rings is 1. The highest BCUT2D eigenvalue weighted by atomic mass is 32.2. The number of rotatable bonds is 7. The molecule has 10 nitrogen and oxygen atoms in total. The fraction of sp³-hybridized carbons (Fsp3) is 0.136. The highest BCUT2D eigenvalue weighted by molar-refractivity contribution is 7.90. The molecule has 0 aliphatic heterocycles. The number of anilines is 1. The molecule has 0 spiro atoms. The minimum Gasteiger partial charge on any atom is -0.436 e. The first-order valence-corrected chi connectivity index (χ1v) is 11.4. The number of hydrogen-bond acceptors (Lipinski definition) is 7. The molecule has 0 fully saturated rings. The van der Waals surface area contributed by atoms with Crippen LogP contribution < -0.4 is 25.4 Å². The number of pyridine rings is 2. The molecule has 0 aliphatic rings.